The lowest BCUT2D eigenvalue weighted by molar-refractivity contribution is 0.242. The van der Waals surface area contributed by atoms with E-state index in [2.05, 4.69) is 30.7 Å². The highest BCUT2D eigenvalue weighted by molar-refractivity contribution is 6.29. The van der Waals surface area contributed by atoms with Crippen LogP contribution in [-0.2, 0) is 5.41 Å². The van der Waals surface area contributed by atoms with E-state index < -0.39 is 0 Å². The van der Waals surface area contributed by atoms with E-state index in [4.69, 9.17) is 16.6 Å². The maximum absolute atomic E-state index is 6.27. The van der Waals surface area contributed by atoms with Crippen LogP contribution in [0.1, 0.15) is 65.1 Å². The first-order valence-corrected chi connectivity index (χ1v) is 8.64. The number of hydrogen-bond acceptors (Lipinski definition) is 3. The second-order valence-electron chi connectivity index (χ2n) is 7.57. The van der Waals surface area contributed by atoms with Crippen LogP contribution in [0.3, 0.4) is 0 Å². The molecule has 1 saturated heterocycles. The van der Waals surface area contributed by atoms with Crippen LogP contribution in [0.5, 0.6) is 0 Å². The van der Waals surface area contributed by atoms with E-state index in [1.807, 2.05) is 6.07 Å². The number of halogens is 1. The van der Waals surface area contributed by atoms with Crippen molar-refractivity contribution >= 4 is 17.4 Å². The van der Waals surface area contributed by atoms with Crippen LogP contribution in [0.25, 0.3) is 0 Å². The van der Waals surface area contributed by atoms with Crippen molar-refractivity contribution < 1.29 is 0 Å². The van der Waals surface area contributed by atoms with Crippen molar-refractivity contribution in [1.29, 1.82) is 0 Å². The first kappa shape index (κ1) is 15.1. The first-order valence-electron chi connectivity index (χ1n) is 8.27. The molecule has 3 rings (SSSR count). The highest BCUT2D eigenvalue weighted by Gasteiger charge is 2.34. The van der Waals surface area contributed by atoms with Crippen LogP contribution in [0.2, 0.25) is 5.15 Å². The van der Waals surface area contributed by atoms with Gasteiger partial charge in [-0.1, -0.05) is 45.2 Å². The Morgan fingerprint density at radius 2 is 1.81 bits per heavy atom. The second-order valence-corrected chi connectivity index (χ2v) is 7.96. The summed E-state index contributed by atoms with van der Waals surface area (Å²) in [7, 11) is 0. The van der Waals surface area contributed by atoms with Crippen molar-refractivity contribution in [2.45, 2.75) is 70.8 Å². The Morgan fingerprint density at radius 1 is 1.10 bits per heavy atom. The van der Waals surface area contributed by atoms with Crippen molar-refractivity contribution in [2.24, 2.45) is 5.92 Å². The van der Waals surface area contributed by atoms with Gasteiger partial charge in [-0.15, -0.1) is 0 Å². The third-order valence-electron chi connectivity index (χ3n) is 4.89. The lowest BCUT2D eigenvalue weighted by Gasteiger charge is -2.45. The molecule has 0 radical (unpaired) electrons. The van der Waals surface area contributed by atoms with E-state index in [0.29, 0.717) is 11.2 Å². The number of rotatable bonds is 1. The lowest BCUT2D eigenvalue weighted by Crippen LogP contribution is -2.47. The molecule has 0 spiro atoms. The third kappa shape index (κ3) is 3.18. The summed E-state index contributed by atoms with van der Waals surface area (Å²) in [5.74, 6) is 2.73. The zero-order valence-corrected chi connectivity index (χ0v) is 14.2. The fraction of sp³-hybridized carbons (Fsp3) is 0.765. The highest BCUT2D eigenvalue weighted by Crippen LogP contribution is 2.38. The summed E-state index contributed by atoms with van der Waals surface area (Å²) in [6, 6.07) is 2.61. The van der Waals surface area contributed by atoms with Gasteiger partial charge in [0.15, 0.2) is 0 Å². The van der Waals surface area contributed by atoms with Gasteiger partial charge in [-0.3, -0.25) is 0 Å². The second kappa shape index (κ2) is 5.75. The molecule has 2 unspecified atom stereocenters. The quantitative estimate of drug-likeness (QED) is 0.711. The smallest absolute Gasteiger partial charge is 0.137 e. The third-order valence-corrected chi connectivity index (χ3v) is 5.08. The van der Waals surface area contributed by atoms with Crippen LogP contribution < -0.4 is 4.90 Å². The molecule has 3 nitrogen and oxygen atoms in total. The number of anilines is 1. The van der Waals surface area contributed by atoms with E-state index in [0.717, 1.165) is 24.1 Å². The van der Waals surface area contributed by atoms with Gasteiger partial charge >= 0.3 is 0 Å². The minimum atomic E-state index is -0.0681. The summed E-state index contributed by atoms with van der Waals surface area (Å²) in [6.07, 6.45) is 8.08. The molecular weight excluding hydrogens is 282 g/mol. The van der Waals surface area contributed by atoms with Gasteiger partial charge in [-0.2, -0.15) is 0 Å². The Labute approximate surface area is 133 Å². The standard InChI is InChI=1S/C17H26ClN3/c1-17(2,3)16-19-14(18)11-15(20-16)21-10-6-8-12-7-4-5-9-13(12)21/h11-13H,4-10H2,1-3H3. The molecule has 1 aliphatic carbocycles. The molecule has 1 aromatic heterocycles. The molecule has 0 bridgehead atoms. The molecule has 1 aromatic rings. The number of hydrogen-bond donors (Lipinski definition) is 0. The molecule has 0 N–H and O–H groups in total. The highest BCUT2D eigenvalue weighted by atomic mass is 35.5. The van der Waals surface area contributed by atoms with E-state index in [1.165, 1.54) is 38.5 Å². The molecule has 4 heteroatoms. The van der Waals surface area contributed by atoms with Gasteiger partial charge in [0.05, 0.1) is 0 Å². The molecule has 0 amide bonds. The molecule has 1 aliphatic heterocycles. The minimum Gasteiger partial charge on any atom is -0.353 e. The van der Waals surface area contributed by atoms with Gasteiger partial charge in [-0.25, -0.2) is 9.97 Å². The summed E-state index contributed by atoms with van der Waals surface area (Å²) in [5.41, 5.74) is -0.0681. The van der Waals surface area contributed by atoms with Crippen LogP contribution >= 0.6 is 11.6 Å². The normalized spacial score (nSPS) is 26.6. The summed E-state index contributed by atoms with van der Waals surface area (Å²) >= 11 is 6.27. The first-order chi connectivity index (χ1) is 9.95. The largest absolute Gasteiger partial charge is 0.353 e. The van der Waals surface area contributed by atoms with Crippen molar-refractivity contribution in [2.75, 3.05) is 11.4 Å². The summed E-state index contributed by atoms with van der Waals surface area (Å²) in [5, 5.41) is 0.572. The van der Waals surface area contributed by atoms with Crippen molar-refractivity contribution in [3.8, 4) is 0 Å². The van der Waals surface area contributed by atoms with Crippen molar-refractivity contribution in [3.63, 3.8) is 0 Å². The molecule has 0 aromatic carbocycles. The molecule has 116 valence electrons. The molecule has 2 atom stereocenters. The Balaban J connectivity index is 1.93. The lowest BCUT2D eigenvalue weighted by atomic mass is 9.78. The SMILES string of the molecule is CC(C)(C)c1nc(Cl)cc(N2CCCC3CCCCC32)n1. The topological polar surface area (TPSA) is 29.0 Å². The van der Waals surface area contributed by atoms with Gasteiger partial charge < -0.3 is 4.90 Å². The summed E-state index contributed by atoms with van der Waals surface area (Å²) in [6.45, 7) is 7.53. The maximum atomic E-state index is 6.27. The van der Waals surface area contributed by atoms with Crippen molar-refractivity contribution in [1.82, 2.24) is 9.97 Å². The fourth-order valence-corrected chi connectivity index (χ4v) is 3.98. The molecule has 21 heavy (non-hydrogen) atoms. The number of piperidine rings is 1. The van der Waals surface area contributed by atoms with Gasteiger partial charge in [0.25, 0.3) is 0 Å². The van der Waals surface area contributed by atoms with Crippen molar-refractivity contribution in [3.05, 3.63) is 17.0 Å². The molecular formula is C17H26ClN3. The van der Waals surface area contributed by atoms with Gasteiger partial charge in [-0.05, 0) is 31.6 Å². The fourth-order valence-electron chi connectivity index (χ4n) is 3.80. The van der Waals surface area contributed by atoms with Crippen LogP contribution in [-0.4, -0.2) is 22.6 Å². The van der Waals surface area contributed by atoms with E-state index in [1.54, 1.807) is 0 Å². The molecule has 2 fully saturated rings. The zero-order chi connectivity index (χ0) is 15.0. The maximum Gasteiger partial charge on any atom is 0.137 e. The molecule has 2 heterocycles. The van der Waals surface area contributed by atoms with E-state index >= 15 is 0 Å². The van der Waals surface area contributed by atoms with E-state index in [9.17, 15) is 0 Å². The average Bonchev–Trinajstić information content (AvgIpc) is 2.45. The summed E-state index contributed by atoms with van der Waals surface area (Å²) < 4.78 is 0. The van der Waals surface area contributed by atoms with Crippen LogP contribution in [0, 0.1) is 5.92 Å². The average molecular weight is 308 g/mol. The Hall–Kier alpha value is -0.830. The van der Waals surface area contributed by atoms with Gasteiger partial charge in [0.2, 0.25) is 0 Å². The Kier molecular flexibility index (Phi) is 4.13. The predicted octanol–water partition coefficient (Wildman–Crippen LogP) is 4.59. The minimum absolute atomic E-state index is 0.0681. The van der Waals surface area contributed by atoms with Crippen LogP contribution in [0.15, 0.2) is 6.07 Å². The number of fused-ring (bicyclic) bond motifs is 1. The summed E-state index contributed by atoms with van der Waals surface area (Å²) in [4.78, 5) is 11.8. The Bertz CT molecular complexity index is 507. The molecule has 2 aliphatic rings. The van der Waals surface area contributed by atoms with Gasteiger partial charge in [0, 0.05) is 24.1 Å². The Morgan fingerprint density at radius 3 is 2.57 bits per heavy atom. The molecule has 1 saturated carbocycles. The van der Waals surface area contributed by atoms with Gasteiger partial charge in [0.1, 0.15) is 16.8 Å². The van der Waals surface area contributed by atoms with Crippen LogP contribution in [0.4, 0.5) is 5.82 Å². The predicted molar refractivity (Wildman–Crippen MR) is 88.1 cm³/mol. The number of aromatic nitrogens is 2. The zero-order valence-electron chi connectivity index (χ0n) is 13.4. The number of nitrogens with zero attached hydrogens (tertiary/aromatic N) is 3. The monoisotopic (exact) mass is 307 g/mol. The van der Waals surface area contributed by atoms with E-state index in [-0.39, 0.29) is 5.41 Å².